The Morgan fingerprint density at radius 1 is 1.17 bits per heavy atom. The van der Waals surface area contributed by atoms with E-state index in [2.05, 4.69) is 23.9 Å². The maximum Gasteiger partial charge on any atom is 0.254 e. The van der Waals surface area contributed by atoms with Gasteiger partial charge in [0.05, 0.1) is 11.4 Å². The predicted molar refractivity (Wildman–Crippen MR) is 112 cm³/mol. The number of fused-ring (bicyclic) bond motifs is 3. The molecule has 6 heteroatoms. The lowest BCUT2D eigenvalue weighted by molar-refractivity contribution is -0.0530. The first kappa shape index (κ1) is 18.6. The molecule has 1 N–H and O–H groups in total. The molecule has 29 heavy (non-hydrogen) atoms. The van der Waals surface area contributed by atoms with Crippen LogP contribution in [0.15, 0.2) is 35.5 Å². The van der Waals surface area contributed by atoms with Gasteiger partial charge in [-0.15, -0.1) is 0 Å². The number of carbonyl (C=O) groups is 1. The molecule has 5 rings (SSSR count). The quantitative estimate of drug-likeness (QED) is 0.851. The molecule has 1 aromatic heterocycles. The Hall–Kier alpha value is -2.47. The first-order valence-corrected chi connectivity index (χ1v) is 10.4. The van der Waals surface area contributed by atoms with E-state index in [-0.39, 0.29) is 23.4 Å². The van der Waals surface area contributed by atoms with Gasteiger partial charge in [-0.25, -0.2) is 0 Å². The fourth-order valence-electron chi connectivity index (χ4n) is 5.53. The Kier molecular flexibility index (Phi) is 3.85. The first-order valence-electron chi connectivity index (χ1n) is 10.4. The molecular weight excluding hydrogens is 364 g/mol. The molecule has 3 aliphatic heterocycles. The van der Waals surface area contributed by atoms with Crippen molar-refractivity contribution in [2.45, 2.75) is 69.6 Å². The number of aliphatic hydroxyl groups is 1. The second-order valence-electron chi connectivity index (χ2n) is 9.43. The minimum Gasteiger partial charge on any atom is -0.383 e. The number of aryl methyl sites for hydroxylation is 1. The highest BCUT2D eigenvalue weighted by Gasteiger charge is 2.51. The van der Waals surface area contributed by atoms with Gasteiger partial charge in [0.25, 0.3) is 5.91 Å². The normalized spacial score (nSPS) is 29.7. The Balaban J connectivity index is 1.43. The summed E-state index contributed by atoms with van der Waals surface area (Å²) in [7, 11) is 1.86. The van der Waals surface area contributed by atoms with Crippen molar-refractivity contribution < 1.29 is 9.90 Å². The number of aromatic nitrogens is 2. The van der Waals surface area contributed by atoms with E-state index in [1.807, 2.05) is 43.1 Å². The van der Waals surface area contributed by atoms with Gasteiger partial charge in [-0.3, -0.25) is 14.5 Å². The fraction of sp³-hybridized carbons (Fsp3) is 0.522. The smallest absolute Gasteiger partial charge is 0.254 e. The van der Waals surface area contributed by atoms with E-state index >= 15 is 0 Å². The van der Waals surface area contributed by atoms with Gasteiger partial charge in [0.1, 0.15) is 5.60 Å². The number of hydrogen-bond donors (Lipinski definition) is 1. The van der Waals surface area contributed by atoms with Crippen LogP contribution in [0.25, 0.3) is 0 Å². The number of aliphatic imine (C=N–C) groups is 1. The van der Waals surface area contributed by atoms with Gasteiger partial charge < -0.3 is 10.0 Å². The molecule has 2 aromatic rings. The molecule has 3 atom stereocenters. The number of rotatable bonds is 2. The van der Waals surface area contributed by atoms with Gasteiger partial charge in [0.2, 0.25) is 0 Å². The molecule has 0 radical (unpaired) electrons. The van der Waals surface area contributed by atoms with Crippen LogP contribution in [-0.4, -0.2) is 43.5 Å². The van der Waals surface area contributed by atoms with Gasteiger partial charge in [-0.05, 0) is 49.6 Å². The molecule has 1 amide bonds. The molecule has 2 bridgehead atoms. The van der Waals surface area contributed by atoms with Gasteiger partial charge in [-0.2, -0.15) is 5.10 Å². The lowest BCUT2D eigenvalue weighted by atomic mass is 9.81. The van der Waals surface area contributed by atoms with Gasteiger partial charge >= 0.3 is 0 Å². The van der Waals surface area contributed by atoms with Crippen molar-refractivity contribution in [1.82, 2.24) is 14.7 Å². The standard InChI is InChI=1S/C23H28N4O2/c1-14-22(2,3)18-11-15(5-8-19(18)25-14)21(28)27-16-6-7-17(27)13-23(29,12-16)20-9-10-24-26(20)4/h5,8-11,16-17,29H,6-7,12-13H2,1-4H3/t16-,17+,23?. The summed E-state index contributed by atoms with van der Waals surface area (Å²) in [6, 6.07) is 7.90. The van der Waals surface area contributed by atoms with E-state index in [9.17, 15) is 9.90 Å². The van der Waals surface area contributed by atoms with Crippen molar-refractivity contribution in [3.63, 3.8) is 0 Å². The zero-order chi connectivity index (χ0) is 20.6. The summed E-state index contributed by atoms with van der Waals surface area (Å²) in [5, 5.41) is 15.6. The summed E-state index contributed by atoms with van der Waals surface area (Å²) in [4.78, 5) is 20.2. The molecule has 152 valence electrons. The van der Waals surface area contributed by atoms with Gasteiger partial charge in [0.15, 0.2) is 0 Å². The average molecular weight is 393 g/mol. The highest BCUT2D eigenvalue weighted by Crippen LogP contribution is 2.47. The van der Waals surface area contributed by atoms with Crippen molar-refractivity contribution in [2.75, 3.05) is 0 Å². The Morgan fingerprint density at radius 2 is 1.86 bits per heavy atom. The van der Waals surface area contributed by atoms with Crippen molar-refractivity contribution in [2.24, 2.45) is 12.0 Å². The van der Waals surface area contributed by atoms with Crippen LogP contribution in [0.2, 0.25) is 0 Å². The van der Waals surface area contributed by atoms with E-state index in [0.29, 0.717) is 12.8 Å². The molecule has 2 fully saturated rings. The maximum atomic E-state index is 13.5. The molecule has 0 aliphatic carbocycles. The number of benzene rings is 1. The van der Waals surface area contributed by atoms with Crippen LogP contribution in [0.4, 0.5) is 5.69 Å². The highest BCUT2D eigenvalue weighted by molar-refractivity contribution is 6.02. The minimum absolute atomic E-state index is 0.0559. The summed E-state index contributed by atoms with van der Waals surface area (Å²) in [5.74, 6) is 0.0766. The number of nitrogens with zero attached hydrogens (tertiary/aromatic N) is 4. The van der Waals surface area contributed by atoms with Crippen LogP contribution < -0.4 is 0 Å². The van der Waals surface area contributed by atoms with Crippen LogP contribution in [0, 0.1) is 0 Å². The second kappa shape index (κ2) is 6.02. The maximum absolute atomic E-state index is 13.5. The number of hydrogen-bond acceptors (Lipinski definition) is 4. The van der Waals surface area contributed by atoms with Crippen LogP contribution >= 0.6 is 0 Å². The largest absolute Gasteiger partial charge is 0.383 e. The third kappa shape index (κ3) is 2.61. The third-order valence-corrected chi connectivity index (χ3v) is 7.41. The molecule has 0 spiro atoms. The Labute approximate surface area is 171 Å². The lowest BCUT2D eigenvalue weighted by Crippen LogP contribution is -2.52. The SMILES string of the molecule is CC1=Nc2ccc(C(=O)N3[C@@H]4CC[C@H]3CC(O)(c3ccnn3C)C4)cc2C1(C)C. The van der Waals surface area contributed by atoms with Crippen LogP contribution in [0.5, 0.6) is 0 Å². The van der Waals surface area contributed by atoms with Crippen LogP contribution in [-0.2, 0) is 18.1 Å². The molecule has 4 heterocycles. The van der Waals surface area contributed by atoms with Crippen molar-refractivity contribution in [3.05, 3.63) is 47.3 Å². The fourth-order valence-corrected chi connectivity index (χ4v) is 5.53. The average Bonchev–Trinajstić information content (AvgIpc) is 3.29. The van der Waals surface area contributed by atoms with Gasteiger partial charge in [-0.1, -0.05) is 13.8 Å². The monoisotopic (exact) mass is 392 g/mol. The Bertz CT molecular complexity index is 1020. The first-order chi connectivity index (χ1) is 13.7. The summed E-state index contributed by atoms with van der Waals surface area (Å²) in [6.07, 6.45) is 4.73. The third-order valence-electron chi connectivity index (χ3n) is 7.41. The second-order valence-corrected chi connectivity index (χ2v) is 9.43. The molecule has 1 aromatic carbocycles. The highest BCUT2D eigenvalue weighted by atomic mass is 16.3. The zero-order valence-electron chi connectivity index (χ0n) is 17.5. The minimum atomic E-state index is -0.918. The molecule has 0 saturated carbocycles. The number of carbonyl (C=O) groups excluding carboxylic acids is 1. The molecule has 6 nitrogen and oxygen atoms in total. The lowest BCUT2D eigenvalue weighted by Gasteiger charge is -2.43. The molecular formula is C23H28N4O2. The summed E-state index contributed by atoms with van der Waals surface area (Å²) in [5.41, 5.74) is 3.67. The van der Waals surface area contributed by atoms with Crippen molar-refractivity contribution >= 4 is 17.3 Å². The van der Waals surface area contributed by atoms with Crippen molar-refractivity contribution in [3.8, 4) is 0 Å². The van der Waals surface area contributed by atoms with E-state index in [1.54, 1.807) is 10.9 Å². The van der Waals surface area contributed by atoms with Crippen LogP contribution in [0.1, 0.15) is 68.1 Å². The molecule has 1 unspecified atom stereocenters. The number of amides is 1. The van der Waals surface area contributed by atoms with Crippen LogP contribution in [0.3, 0.4) is 0 Å². The van der Waals surface area contributed by atoms with E-state index in [4.69, 9.17) is 0 Å². The molecule has 2 saturated heterocycles. The summed E-state index contributed by atoms with van der Waals surface area (Å²) < 4.78 is 1.75. The van der Waals surface area contributed by atoms with E-state index in [1.165, 1.54) is 0 Å². The Morgan fingerprint density at radius 3 is 2.48 bits per heavy atom. The summed E-state index contributed by atoms with van der Waals surface area (Å²) >= 11 is 0. The number of piperidine rings is 1. The predicted octanol–water partition coefficient (Wildman–Crippen LogP) is 3.46. The summed E-state index contributed by atoms with van der Waals surface area (Å²) in [6.45, 7) is 6.36. The topological polar surface area (TPSA) is 70.7 Å². The molecule has 3 aliphatic rings. The van der Waals surface area contributed by atoms with E-state index in [0.717, 1.165) is 41.1 Å². The van der Waals surface area contributed by atoms with E-state index < -0.39 is 5.60 Å². The van der Waals surface area contributed by atoms with Gasteiger partial charge in [0, 0.05) is 54.9 Å². The van der Waals surface area contributed by atoms with Crippen molar-refractivity contribution in [1.29, 1.82) is 0 Å². The zero-order valence-corrected chi connectivity index (χ0v) is 17.5.